The zero-order chi connectivity index (χ0) is 20.7. The van der Waals surface area contributed by atoms with E-state index in [0.29, 0.717) is 0 Å². The van der Waals surface area contributed by atoms with Crippen molar-refractivity contribution in [2.24, 2.45) is 0 Å². The van der Waals surface area contributed by atoms with E-state index in [0.717, 1.165) is 41.0 Å². The van der Waals surface area contributed by atoms with Gasteiger partial charge in [0, 0.05) is 6.54 Å². The van der Waals surface area contributed by atoms with Gasteiger partial charge in [0.25, 0.3) is 0 Å². The molecule has 1 unspecified atom stereocenters. The zero-order valence-corrected chi connectivity index (χ0v) is 19.5. The minimum absolute atomic E-state index is 0.734. The highest BCUT2D eigenvalue weighted by Crippen LogP contribution is 2.35. The quantitative estimate of drug-likeness (QED) is 0.202. The van der Waals surface area contributed by atoms with Gasteiger partial charge in [-0.05, 0) is 47.2 Å². The average Bonchev–Trinajstić information content (AvgIpc) is 2.95. The summed E-state index contributed by atoms with van der Waals surface area (Å²) < 4.78 is 0.743. The molecule has 29 heavy (non-hydrogen) atoms. The summed E-state index contributed by atoms with van der Waals surface area (Å²) in [6.07, 6.45) is 10.2. The third kappa shape index (κ3) is 5.90. The van der Waals surface area contributed by atoms with Crippen molar-refractivity contribution in [3.63, 3.8) is 0 Å². The second-order valence-corrected chi connectivity index (χ2v) is 9.37. The Kier molecular flexibility index (Phi) is 8.29. The Morgan fingerprint density at radius 2 is 1.59 bits per heavy atom. The van der Waals surface area contributed by atoms with Crippen LogP contribution in [-0.2, 0) is 6.42 Å². The highest BCUT2D eigenvalue weighted by Gasteiger charge is 2.39. The van der Waals surface area contributed by atoms with Crippen molar-refractivity contribution in [2.45, 2.75) is 58.3 Å². The molecule has 4 heteroatoms. The van der Waals surface area contributed by atoms with Crippen LogP contribution in [0.2, 0.25) is 0 Å². The fourth-order valence-corrected chi connectivity index (χ4v) is 4.87. The number of benzene rings is 2. The molecule has 0 fully saturated rings. The lowest BCUT2D eigenvalue weighted by molar-refractivity contribution is -0.867. The van der Waals surface area contributed by atoms with Gasteiger partial charge in [0.1, 0.15) is 0 Å². The van der Waals surface area contributed by atoms with Crippen LogP contribution in [0.4, 0.5) is 0 Å². The lowest BCUT2D eigenvalue weighted by atomic mass is 10.1. The van der Waals surface area contributed by atoms with Gasteiger partial charge in [-0.25, -0.2) is 0 Å². The van der Waals surface area contributed by atoms with Gasteiger partial charge in [0.05, 0.1) is 13.6 Å². The van der Waals surface area contributed by atoms with Gasteiger partial charge in [0.2, 0.25) is 5.16 Å². The summed E-state index contributed by atoms with van der Waals surface area (Å²) in [7, 11) is 2.22. The van der Waals surface area contributed by atoms with E-state index in [1.54, 1.807) is 0 Å². The molecule has 0 saturated carbocycles. The van der Waals surface area contributed by atoms with Crippen molar-refractivity contribution in [1.29, 1.82) is 0 Å². The standard InChI is InChI=1S/C25H35Cl2N2/c1-3-4-5-6-7-8-11-18-29(2)20-28(24(26)25(29)27)17-16-21-14-15-22-12-9-10-13-23(22)19-21/h9-10,12-15,19H,3-8,11,16-18,20H2,1-2H3/q+1. The zero-order valence-electron chi connectivity index (χ0n) is 18.0. The molecule has 1 aliphatic rings. The molecule has 158 valence electrons. The van der Waals surface area contributed by atoms with Crippen LogP contribution in [0, 0.1) is 0 Å². The SMILES string of the molecule is CCCCCCCCC[N+]1(C)CN(CCc2ccc3ccccc3c2)C(Cl)=C1Cl. The Bertz CT molecular complexity index is 832. The molecule has 1 atom stereocenters. The van der Waals surface area contributed by atoms with Crippen molar-refractivity contribution in [3.05, 3.63) is 58.3 Å². The molecule has 3 rings (SSSR count). The van der Waals surface area contributed by atoms with Crippen molar-refractivity contribution >= 4 is 34.0 Å². The van der Waals surface area contributed by atoms with E-state index < -0.39 is 0 Å². The smallest absolute Gasteiger partial charge is 0.238 e. The molecule has 2 aromatic carbocycles. The van der Waals surface area contributed by atoms with Gasteiger partial charge in [-0.15, -0.1) is 0 Å². The molecular weight excluding hydrogens is 399 g/mol. The predicted octanol–water partition coefficient (Wildman–Crippen LogP) is 7.46. The van der Waals surface area contributed by atoms with E-state index >= 15 is 0 Å². The van der Waals surface area contributed by atoms with E-state index in [1.807, 2.05) is 0 Å². The first-order valence-electron chi connectivity index (χ1n) is 11.2. The normalized spacial score (nSPS) is 19.5. The molecule has 0 aliphatic carbocycles. The summed E-state index contributed by atoms with van der Waals surface area (Å²) in [4.78, 5) is 2.25. The van der Waals surface area contributed by atoms with Crippen molar-refractivity contribution in [1.82, 2.24) is 4.90 Å². The first-order chi connectivity index (χ1) is 14.0. The largest absolute Gasteiger partial charge is 0.309 e. The fraction of sp³-hybridized carbons (Fsp3) is 0.520. The second-order valence-electron chi connectivity index (χ2n) is 8.66. The minimum atomic E-state index is 0.734. The van der Waals surface area contributed by atoms with Crippen LogP contribution in [0.25, 0.3) is 10.8 Å². The average molecular weight is 434 g/mol. The summed E-state index contributed by atoms with van der Waals surface area (Å²) in [5.74, 6) is 0. The molecule has 0 bridgehead atoms. The van der Waals surface area contributed by atoms with Gasteiger partial charge < -0.3 is 4.90 Å². The molecule has 0 N–H and O–H groups in total. The third-order valence-corrected chi connectivity index (χ3v) is 7.25. The molecule has 0 saturated heterocycles. The van der Waals surface area contributed by atoms with Gasteiger partial charge in [-0.3, -0.25) is 4.48 Å². The number of fused-ring (bicyclic) bond motifs is 1. The maximum absolute atomic E-state index is 6.68. The lowest BCUT2D eigenvalue weighted by Crippen LogP contribution is -2.44. The summed E-state index contributed by atoms with van der Waals surface area (Å²) in [5, 5.41) is 4.12. The molecule has 0 spiro atoms. The van der Waals surface area contributed by atoms with Crippen LogP contribution in [0.3, 0.4) is 0 Å². The Labute approximate surface area is 186 Å². The Hall–Kier alpha value is -1.22. The molecule has 0 aromatic heterocycles. The summed E-state index contributed by atoms with van der Waals surface area (Å²) in [6.45, 7) is 5.11. The first kappa shape index (κ1) is 22.5. The fourth-order valence-electron chi connectivity index (χ4n) is 4.27. The molecular formula is C25H35Cl2N2+. The number of halogens is 2. The van der Waals surface area contributed by atoms with Crippen LogP contribution in [0.5, 0.6) is 0 Å². The predicted molar refractivity (Wildman–Crippen MR) is 127 cm³/mol. The molecule has 2 aromatic rings. The first-order valence-corrected chi connectivity index (χ1v) is 11.9. The number of rotatable bonds is 11. The summed E-state index contributed by atoms with van der Waals surface area (Å²) >= 11 is 13.3. The van der Waals surface area contributed by atoms with Gasteiger partial charge in [-0.1, -0.05) is 93.1 Å². The van der Waals surface area contributed by atoms with E-state index in [-0.39, 0.29) is 0 Å². The van der Waals surface area contributed by atoms with Crippen LogP contribution in [0.15, 0.2) is 52.8 Å². The maximum atomic E-state index is 6.68. The highest BCUT2D eigenvalue weighted by molar-refractivity contribution is 6.38. The number of hydrogen-bond donors (Lipinski definition) is 0. The van der Waals surface area contributed by atoms with Crippen molar-refractivity contribution < 1.29 is 4.48 Å². The Balaban J connectivity index is 1.49. The van der Waals surface area contributed by atoms with Crippen LogP contribution >= 0.6 is 23.2 Å². The van der Waals surface area contributed by atoms with Crippen LogP contribution in [0.1, 0.15) is 57.4 Å². The number of quaternary nitrogens is 1. The molecule has 0 radical (unpaired) electrons. The number of nitrogens with zero attached hydrogens (tertiary/aromatic N) is 2. The summed E-state index contributed by atoms with van der Waals surface area (Å²) in [6, 6.07) is 15.2. The van der Waals surface area contributed by atoms with Crippen molar-refractivity contribution in [2.75, 3.05) is 26.8 Å². The second kappa shape index (κ2) is 10.7. The number of hydrogen-bond acceptors (Lipinski definition) is 1. The van der Waals surface area contributed by atoms with Crippen molar-refractivity contribution in [3.8, 4) is 0 Å². The third-order valence-electron chi connectivity index (χ3n) is 6.14. The number of unbranched alkanes of at least 4 members (excludes halogenated alkanes) is 6. The molecule has 0 amide bonds. The highest BCUT2D eigenvalue weighted by atomic mass is 35.5. The van der Waals surface area contributed by atoms with Crippen LogP contribution in [-0.4, -0.2) is 36.2 Å². The molecule has 1 aliphatic heterocycles. The molecule has 1 heterocycles. The maximum Gasteiger partial charge on any atom is 0.238 e. The van der Waals surface area contributed by atoms with E-state index in [4.69, 9.17) is 23.2 Å². The molecule has 2 nitrogen and oxygen atoms in total. The van der Waals surface area contributed by atoms with Gasteiger partial charge >= 0.3 is 0 Å². The van der Waals surface area contributed by atoms with E-state index in [9.17, 15) is 0 Å². The van der Waals surface area contributed by atoms with Gasteiger partial charge in [0.15, 0.2) is 11.8 Å². The van der Waals surface area contributed by atoms with E-state index in [1.165, 1.54) is 61.3 Å². The monoisotopic (exact) mass is 433 g/mol. The van der Waals surface area contributed by atoms with Crippen LogP contribution < -0.4 is 0 Å². The minimum Gasteiger partial charge on any atom is -0.309 e. The van der Waals surface area contributed by atoms with E-state index in [2.05, 4.69) is 61.3 Å². The lowest BCUT2D eigenvalue weighted by Gasteiger charge is -2.30. The topological polar surface area (TPSA) is 3.24 Å². The Morgan fingerprint density at radius 3 is 2.34 bits per heavy atom. The Morgan fingerprint density at radius 1 is 0.897 bits per heavy atom. The summed E-state index contributed by atoms with van der Waals surface area (Å²) in [5.41, 5.74) is 1.34. The van der Waals surface area contributed by atoms with Gasteiger partial charge in [-0.2, -0.15) is 0 Å².